The number of benzene rings is 1. The van der Waals surface area contributed by atoms with Crippen LogP contribution >= 0.6 is 0 Å². The van der Waals surface area contributed by atoms with Gasteiger partial charge in [0.2, 0.25) is 5.91 Å². The van der Waals surface area contributed by atoms with Crippen molar-refractivity contribution in [2.24, 2.45) is 5.92 Å². The Morgan fingerprint density at radius 2 is 1.62 bits per heavy atom. The highest BCUT2D eigenvalue weighted by molar-refractivity contribution is 5.97. The standard InChI is InChI=1S/C28H46N4O2/c1-23(2)13-18-30-15-8-6-5-7-9-17-32(24(3)33)27-12-11-25(21-26(27)22-30)28(34)31-16-10-14-29(4)19-20-31/h11-12,21,23H,5-10,13-20,22H2,1-4H3. The lowest BCUT2D eigenvalue weighted by Gasteiger charge is -2.30. The molecule has 6 heteroatoms. The van der Waals surface area contributed by atoms with Gasteiger partial charge in [-0.1, -0.05) is 33.1 Å². The zero-order chi connectivity index (χ0) is 24.5. The number of nitrogens with zero attached hydrogens (tertiary/aromatic N) is 4. The van der Waals surface area contributed by atoms with Crippen molar-refractivity contribution < 1.29 is 9.59 Å². The van der Waals surface area contributed by atoms with Crippen LogP contribution in [-0.2, 0) is 11.3 Å². The van der Waals surface area contributed by atoms with Gasteiger partial charge in [0.15, 0.2) is 0 Å². The minimum absolute atomic E-state index is 0.0849. The number of carbonyl (C=O) groups is 2. The Balaban J connectivity index is 1.92. The molecular formula is C28H46N4O2. The zero-order valence-corrected chi connectivity index (χ0v) is 22.0. The summed E-state index contributed by atoms with van der Waals surface area (Å²) in [6, 6.07) is 6.05. The van der Waals surface area contributed by atoms with E-state index in [-0.39, 0.29) is 11.8 Å². The maximum atomic E-state index is 13.4. The Kier molecular flexibility index (Phi) is 10.4. The first kappa shape index (κ1) is 26.7. The average molecular weight is 471 g/mol. The topological polar surface area (TPSA) is 47.1 Å². The maximum absolute atomic E-state index is 13.4. The Bertz CT molecular complexity index is 810. The third-order valence-corrected chi connectivity index (χ3v) is 7.28. The quantitative estimate of drug-likeness (QED) is 0.644. The van der Waals surface area contributed by atoms with E-state index < -0.39 is 0 Å². The monoisotopic (exact) mass is 470 g/mol. The van der Waals surface area contributed by atoms with E-state index in [1.165, 1.54) is 19.3 Å². The molecule has 0 saturated carbocycles. The van der Waals surface area contributed by atoms with Gasteiger partial charge in [0.1, 0.15) is 0 Å². The summed E-state index contributed by atoms with van der Waals surface area (Å²) >= 11 is 0. The summed E-state index contributed by atoms with van der Waals surface area (Å²) in [6.07, 6.45) is 8.04. The van der Waals surface area contributed by atoms with Crippen LogP contribution in [0.25, 0.3) is 0 Å². The molecule has 0 radical (unpaired) electrons. The van der Waals surface area contributed by atoms with Gasteiger partial charge in [-0.15, -0.1) is 0 Å². The molecule has 2 amide bonds. The highest BCUT2D eigenvalue weighted by Crippen LogP contribution is 2.27. The molecule has 0 spiro atoms. The van der Waals surface area contributed by atoms with Crippen LogP contribution in [0.3, 0.4) is 0 Å². The number of likely N-dealkylation sites (N-methyl/N-ethyl adjacent to an activating group) is 1. The fraction of sp³-hybridized carbons (Fsp3) is 0.714. The molecule has 190 valence electrons. The van der Waals surface area contributed by atoms with Crippen LogP contribution in [0.2, 0.25) is 0 Å². The first-order chi connectivity index (χ1) is 16.3. The van der Waals surface area contributed by atoms with Crippen molar-refractivity contribution in [2.75, 3.05) is 57.8 Å². The molecule has 0 N–H and O–H groups in total. The van der Waals surface area contributed by atoms with Crippen LogP contribution in [-0.4, -0.2) is 79.4 Å². The lowest BCUT2D eigenvalue weighted by Crippen LogP contribution is -2.35. The van der Waals surface area contributed by atoms with E-state index in [1.807, 2.05) is 21.9 Å². The summed E-state index contributed by atoms with van der Waals surface area (Å²) < 4.78 is 0. The van der Waals surface area contributed by atoms with Crippen LogP contribution in [0.5, 0.6) is 0 Å². The Morgan fingerprint density at radius 1 is 0.882 bits per heavy atom. The van der Waals surface area contributed by atoms with E-state index in [2.05, 4.69) is 36.8 Å². The SMILES string of the molecule is CC(=O)N1CCCCCCCN(CCC(C)C)Cc2cc(C(=O)N3CCCN(C)CC3)ccc21. The highest BCUT2D eigenvalue weighted by atomic mass is 16.2. The summed E-state index contributed by atoms with van der Waals surface area (Å²) in [4.78, 5) is 34.9. The van der Waals surface area contributed by atoms with Gasteiger partial charge in [-0.25, -0.2) is 0 Å². The molecule has 0 unspecified atom stereocenters. The van der Waals surface area contributed by atoms with Gasteiger partial charge in [0, 0.05) is 50.9 Å². The first-order valence-electron chi connectivity index (χ1n) is 13.5. The van der Waals surface area contributed by atoms with Crippen molar-refractivity contribution in [2.45, 2.75) is 72.3 Å². The van der Waals surface area contributed by atoms with Crippen molar-refractivity contribution in [3.8, 4) is 0 Å². The van der Waals surface area contributed by atoms with E-state index in [4.69, 9.17) is 0 Å². The molecule has 0 atom stereocenters. The van der Waals surface area contributed by atoms with Crippen LogP contribution in [0.1, 0.15) is 81.6 Å². The average Bonchev–Trinajstić information content (AvgIpc) is 3.02. The normalized spacial score (nSPS) is 19.8. The van der Waals surface area contributed by atoms with Crippen LogP contribution in [0.15, 0.2) is 18.2 Å². The van der Waals surface area contributed by atoms with Gasteiger partial charge in [0.05, 0.1) is 0 Å². The van der Waals surface area contributed by atoms with E-state index in [0.717, 1.165) is 94.9 Å². The van der Waals surface area contributed by atoms with Gasteiger partial charge in [-0.3, -0.25) is 14.5 Å². The molecule has 1 aromatic rings. The molecule has 2 heterocycles. The number of anilines is 1. The second-order valence-corrected chi connectivity index (χ2v) is 10.7. The van der Waals surface area contributed by atoms with Gasteiger partial charge >= 0.3 is 0 Å². The van der Waals surface area contributed by atoms with Gasteiger partial charge in [-0.2, -0.15) is 0 Å². The molecule has 3 rings (SSSR count). The largest absolute Gasteiger partial charge is 0.337 e. The smallest absolute Gasteiger partial charge is 0.253 e. The molecule has 1 fully saturated rings. The molecule has 6 nitrogen and oxygen atoms in total. The third-order valence-electron chi connectivity index (χ3n) is 7.28. The van der Waals surface area contributed by atoms with Crippen LogP contribution in [0.4, 0.5) is 5.69 Å². The summed E-state index contributed by atoms with van der Waals surface area (Å²) in [7, 11) is 2.12. The predicted octanol–water partition coefficient (Wildman–Crippen LogP) is 4.63. The van der Waals surface area contributed by atoms with Crippen molar-refractivity contribution in [1.82, 2.24) is 14.7 Å². The van der Waals surface area contributed by atoms with Gasteiger partial charge in [0.25, 0.3) is 5.91 Å². The van der Waals surface area contributed by atoms with Crippen molar-refractivity contribution >= 4 is 17.5 Å². The lowest BCUT2D eigenvalue weighted by molar-refractivity contribution is -0.116. The number of hydrogen-bond donors (Lipinski definition) is 0. The molecule has 0 aliphatic carbocycles. The molecular weight excluding hydrogens is 424 g/mol. The minimum atomic E-state index is 0.0849. The highest BCUT2D eigenvalue weighted by Gasteiger charge is 2.23. The summed E-state index contributed by atoms with van der Waals surface area (Å²) in [6.45, 7) is 13.4. The summed E-state index contributed by atoms with van der Waals surface area (Å²) in [5, 5.41) is 0. The number of fused-ring (bicyclic) bond motifs is 1. The zero-order valence-electron chi connectivity index (χ0n) is 22.0. The lowest BCUT2D eigenvalue weighted by atomic mass is 10.0. The Morgan fingerprint density at radius 3 is 2.35 bits per heavy atom. The molecule has 0 aromatic heterocycles. The second-order valence-electron chi connectivity index (χ2n) is 10.7. The molecule has 34 heavy (non-hydrogen) atoms. The van der Waals surface area contributed by atoms with Crippen molar-refractivity contribution in [3.05, 3.63) is 29.3 Å². The van der Waals surface area contributed by atoms with Crippen LogP contribution < -0.4 is 4.90 Å². The fourth-order valence-electron chi connectivity index (χ4n) is 5.08. The first-order valence-corrected chi connectivity index (χ1v) is 13.5. The predicted molar refractivity (Wildman–Crippen MR) is 140 cm³/mol. The molecule has 2 aliphatic rings. The molecule has 2 aliphatic heterocycles. The Hall–Kier alpha value is -1.92. The summed E-state index contributed by atoms with van der Waals surface area (Å²) in [5.74, 6) is 0.859. The third kappa shape index (κ3) is 7.81. The Labute approximate surface area is 207 Å². The van der Waals surface area contributed by atoms with Gasteiger partial charge in [-0.05, 0) is 82.0 Å². The van der Waals surface area contributed by atoms with Gasteiger partial charge < -0.3 is 14.7 Å². The van der Waals surface area contributed by atoms with E-state index in [0.29, 0.717) is 5.92 Å². The van der Waals surface area contributed by atoms with Crippen LogP contribution in [0, 0.1) is 5.92 Å². The number of hydrogen-bond acceptors (Lipinski definition) is 4. The van der Waals surface area contributed by atoms with E-state index in [9.17, 15) is 9.59 Å². The summed E-state index contributed by atoms with van der Waals surface area (Å²) in [5.41, 5.74) is 2.84. The molecule has 1 aromatic carbocycles. The number of rotatable bonds is 4. The fourth-order valence-corrected chi connectivity index (χ4v) is 5.08. The van der Waals surface area contributed by atoms with Crippen molar-refractivity contribution in [1.29, 1.82) is 0 Å². The minimum Gasteiger partial charge on any atom is -0.337 e. The number of amides is 2. The number of carbonyl (C=O) groups excluding carboxylic acids is 2. The van der Waals surface area contributed by atoms with Crippen molar-refractivity contribution in [3.63, 3.8) is 0 Å². The van der Waals surface area contributed by atoms with E-state index >= 15 is 0 Å². The maximum Gasteiger partial charge on any atom is 0.253 e. The second kappa shape index (κ2) is 13.2. The molecule has 0 bridgehead atoms. The molecule has 1 saturated heterocycles. The van der Waals surface area contributed by atoms with E-state index in [1.54, 1.807) is 6.92 Å².